The average Bonchev–Trinajstić information content (AvgIpc) is 3.11. The molecule has 1 aromatic rings. The van der Waals surface area contributed by atoms with Crippen molar-refractivity contribution >= 4 is 22.4 Å². The second-order valence-corrected chi connectivity index (χ2v) is 7.08. The quantitative estimate of drug-likeness (QED) is 0.836. The highest BCUT2D eigenvalue weighted by molar-refractivity contribution is 7.13. The number of likely N-dealkylation sites (N-methyl/N-ethyl adjacent to an activating group) is 1. The first-order valence-corrected chi connectivity index (χ1v) is 8.45. The Balaban J connectivity index is 1.63. The van der Waals surface area contributed by atoms with E-state index < -0.39 is 0 Å². The van der Waals surface area contributed by atoms with E-state index in [9.17, 15) is 4.79 Å². The molecular weight excluding hydrogens is 286 g/mol. The fourth-order valence-corrected chi connectivity index (χ4v) is 4.20. The van der Waals surface area contributed by atoms with E-state index in [4.69, 9.17) is 0 Å². The molecule has 3 rings (SSSR count). The van der Waals surface area contributed by atoms with Crippen LogP contribution in [-0.2, 0) is 4.79 Å². The Morgan fingerprint density at radius 2 is 2.10 bits per heavy atom. The number of piperidine rings is 1. The predicted molar refractivity (Wildman–Crippen MR) is 83.6 cm³/mol. The highest BCUT2D eigenvalue weighted by Gasteiger charge is 2.44. The van der Waals surface area contributed by atoms with Crippen molar-refractivity contribution < 1.29 is 4.79 Å². The highest BCUT2D eigenvalue weighted by Crippen LogP contribution is 2.41. The van der Waals surface area contributed by atoms with Crippen LogP contribution in [0, 0.1) is 0 Å². The molecule has 6 nitrogen and oxygen atoms in total. The average molecular weight is 309 g/mol. The van der Waals surface area contributed by atoms with E-state index in [1.165, 1.54) is 12.8 Å². The third kappa shape index (κ3) is 2.89. The third-order valence-electron chi connectivity index (χ3n) is 4.82. The van der Waals surface area contributed by atoms with Crippen LogP contribution in [0.15, 0.2) is 5.51 Å². The number of rotatable bonds is 3. The fourth-order valence-electron chi connectivity index (χ4n) is 3.50. The van der Waals surface area contributed by atoms with Crippen LogP contribution >= 0.6 is 11.3 Å². The van der Waals surface area contributed by atoms with Crippen molar-refractivity contribution in [1.82, 2.24) is 20.0 Å². The Morgan fingerprint density at radius 3 is 2.71 bits per heavy atom. The van der Waals surface area contributed by atoms with Gasteiger partial charge in [-0.3, -0.25) is 9.69 Å². The Morgan fingerprint density at radius 1 is 1.33 bits per heavy atom. The van der Waals surface area contributed by atoms with Gasteiger partial charge in [-0.05, 0) is 25.7 Å². The summed E-state index contributed by atoms with van der Waals surface area (Å²) in [5.41, 5.74) is 2.06. The molecule has 1 amide bonds. The molecule has 0 N–H and O–H groups in total. The van der Waals surface area contributed by atoms with E-state index in [2.05, 4.69) is 20.0 Å². The third-order valence-corrected chi connectivity index (χ3v) is 5.53. The van der Waals surface area contributed by atoms with E-state index in [1.54, 1.807) is 16.2 Å². The van der Waals surface area contributed by atoms with Crippen molar-refractivity contribution in [3.8, 4) is 0 Å². The molecule has 0 radical (unpaired) electrons. The minimum Gasteiger partial charge on any atom is -0.348 e. The monoisotopic (exact) mass is 309 g/mol. The summed E-state index contributed by atoms with van der Waals surface area (Å²) >= 11 is 1.63. The van der Waals surface area contributed by atoms with Gasteiger partial charge >= 0.3 is 0 Å². The van der Waals surface area contributed by atoms with Crippen LogP contribution in [0.2, 0.25) is 0 Å². The van der Waals surface area contributed by atoms with Gasteiger partial charge in [-0.2, -0.15) is 0 Å². The van der Waals surface area contributed by atoms with Crippen molar-refractivity contribution in [3.63, 3.8) is 0 Å². The SMILES string of the molecule is CN(C)C(=O)CN1CCC2(CCCN2c2nncs2)CC1. The number of aromatic nitrogens is 2. The smallest absolute Gasteiger partial charge is 0.236 e. The maximum absolute atomic E-state index is 11.8. The van der Waals surface area contributed by atoms with Crippen LogP contribution in [0.25, 0.3) is 0 Å². The fraction of sp³-hybridized carbons (Fsp3) is 0.786. The van der Waals surface area contributed by atoms with Gasteiger partial charge in [0.15, 0.2) is 0 Å². The zero-order valence-corrected chi connectivity index (χ0v) is 13.6. The van der Waals surface area contributed by atoms with Crippen LogP contribution < -0.4 is 4.90 Å². The van der Waals surface area contributed by atoms with E-state index in [-0.39, 0.29) is 11.4 Å². The predicted octanol–water partition coefficient (Wildman–Crippen LogP) is 1.06. The number of hydrogen-bond donors (Lipinski definition) is 0. The number of nitrogens with zero attached hydrogens (tertiary/aromatic N) is 5. The van der Waals surface area contributed by atoms with Crippen LogP contribution in [-0.4, -0.2) is 71.7 Å². The summed E-state index contributed by atoms with van der Waals surface area (Å²) in [5, 5.41) is 9.30. The summed E-state index contributed by atoms with van der Waals surface area (Å²) in [6.07, 6.45) is 4.71. The lowest BCUT2D eigenvalue weighted by Gasteiger charge is -2.44. The zero-order valence-electron chi connectivity index (χ0n) is 12.8. The van der Waals surface area contributed by atoms with Gasteiger partial charge in [0.05, 0.1) is 6.54 Å². The molecule has 2 saturated heterocycles. The molecule has 2 fully saturated rings. The first-order chi connectivity index (χ1) is 10.1. The van der Waals surface area contributed by atoms with Crippen molar-refractivity contribution in [2.45, 2.75) is 31.2 Å². The largest absolute Gasteiger partial charge is 0.348 e. The molecule has 116 valence electrons. The second-order valence-electron chi connectivity index (χ2n) is 6.27. The first kappa shape index (κ1) is 14.7. The van der Waals surface area contributed by atoms with Crippen LogP contribution in [0.3, 0.4) is 0 Å². The molecule has 21 heavy (non-hydrogen) atoms. The van der Waals surface area contributed by atoms with Gasteiger partial charge in [0, 0.05) is 39.3 Å². The Kier molecular flexibility index (Phi) is 4.12. The van der Waals surface area contributed by atoms with Gasteiger partial charge in [-0.15, -0.1) is 10.2 Å². The van der Waals surface area contributed by atoms with Gasteiger partial charge in [-0.25, -0.2) is 0 Å². The molecule has 0 unspecified atom stereocenters. The normalized spacial score (nSPS) is 21.9. The number of carbonyl (C=O) groups is 1. The number of likely N-dealkylation sites (tertiary alicyclic amines) is 1. The topological polar surface area (TPSA) is 52.6 Å². The molecule has 2 aliphatic heterocycles. The molecule has 0 aliphatic carbocycles. The van der Waals surface area contributed by atoms with Gasteiger partial charge in [0.25, 0.3) is 0 Å². The van der Waals surface area contributed by atoms with E-state index in [1.807, 2.05) is 19.6 Å². The summed E-state index contributed by atoms with van der Waals surface area (Å²) in [6, 6.07) is 0. The summed E-state index contributed by atoms with van der Waals surface area (Å²) < 4.78 is 0. The summed E-state index contributed by atoms with van der Waals surface area (Å²) in [4.78, 5) is 18.3. The maximum atomic E-state index is 11.8. The lowest BCUT2D eigenvalue weighted by Crippen LogP contribution is -2.53. The molecular formula is C14H23N5OS. The van der Waals surface area contributed by atoms with Gasteiger partial charge < -0.3 is 9.80 Å². The first-order valence-electron chi connectivity index (χ1n) is 7.57. The Bertz CT molecular complexity index is 482. The molecule has 7 heteroatoms. The minimum atomic E-state index is 0.193. The lowest BCUT2D eigenvalue weighted by molar-refractivity contribution is -0.130. The van der Waals surface area contributed by atoms with E-state index in [0.29, 0.717) is 6.54 Å². The number of hydrogen-bond acceptors (Lipinski definition) is 6. The molecule has 2 aliphatic rings. The Labute approximate surface area is 129 Å². The standard InChI is InChI=1S/C14H23N5OS/c1-17(2)12(20)10-18-8-5-14(6-9-18)4-3-7-19(14)13-16-15-11-21-13/h11H,3-10H2,1-2H3. The van der Waals surface area contributed by atoms with Crippen molar-refractivity contribution in [2.24, 2.45) is 0 Å². The molecule has 3 heterocycles. The minimum absolute atomic E-state index is 0.193. The molecule has 1 aromatic heterocycles. The summed E-state index contributed by atoms with van der Waals surface area (Å²) in [7, 11) is 3.64. The summed E-state index contributed by atoms with van der Waals surface area (Å²) in [5.74, 6) is 0.193. The van der Waals surface area contributed by atoms with E-state index >= 15 is 0 Å². The maximum Gasteiger partial charge on any atom is 0.236 e. The molecule has 0 bridgehead atoms. The second kappa shape index (κ2) is 5.88. The van der Waals surface area contributed by atoms with Crippen LogP contribution in [0.4, 0.5) is 5.13 Å². The summed E-state index contributed by atoms with van der Waals surface area (Å²) in [6.45, 7) is 3.62. The van der Waals surface area contributed by atoms with Crippen molar-refractivity contribution in [3.05, 3.63) is 5.51 Å². The number of amides is 1. The van der Waals surface area contributed by atoms with Crippen LogP contribution in [0.1, 0.15) is 25.7 Å². The Hall–Kier alpha value is -1.21. The van der Waals surface area contributed by atoms with Gasteiger partial charge in [0.1, 0.15) is 5.51 Å². The molecule has 0 aromatic carbocycles. The molecule has 1 spiro atoms. The van der Waals surface area contributed by atoms with Gasteiger partial charge in [0.2, 0.25) is 11.0 Å². The van der Waals surface area contributed by atoms with Crippen molar-refractivity contribution in [2.75, 3.05) is 45.2 Å². The van der Waals surface area contributed by atoms with Gasteiger partial charge in [-0.1, -0.05) is 11.3 Å². The molecule has 0 atom stereocenters. The molecule has 0 saturated carbocycles. The van der Waals surface area contributed by atoms with Crippen LogP contribution in [0.5, 0.6) is 0 Å². The zero-order chi connectivity index (χ0) is 14.9. The lowest BCUT2D eigenvalue weighted by atomic mass is 9.85. The number of anilines is 1. The number of carbonyl (C=O) groups excluding carboxylic acids is 1. The highest BCUT2D eigenvalue weighted by atomic mass is 32.1. The van der Waals surface area contributed by atoms with Crippen molar-refractivity contribution in [1.29, 1.82) is 0 Å². The van der Waals surface area contributed by atoms with E-state index in [0.717, 1.165) is 37.6 Å².